The molecule has 0 amide bonds. The summed E-state index contributed by atoms with van der Waals surface area (Å²) in [4.78, 5) is 0. The van der Waals surface area contributed by atoms with E-state index >= 15 is 0 Å². The van der Waals surface area contributed by atoms with Gasteiger partial charge in [0.05, 0.1) is 24.7 Å². The predicted octanol–water partition coefficient (Wildman–Crippen LogP) is 3.26. The summed E-state index contributed by atoms with van der Waals surface area (Å²) in [6, 6.07) is 1.89. The van der Waals surface area contributed by atoms with Gasteiger partial charge in [0.25, 0.3) is 0 Å². The molecule has 1 aliphatic carbocycles. The normalized spacial score (nSPS) is 21.3. The molecule has 2 rings (SSSR count). The molecule has 17 heavy (non-hydrogen) atoms. The molecule has 2 atom stereocenters. The highest BCUT2D eigenvalue weighted by atomic mass is 16.5. The van der Waals surface area contributed by atoms with E-state index in [-0.39, 0.29) is 12.1 Å². The molecule has 1 aliphatic rings. The maximum atomic E-state index is 6.32. The molecule has 1 aromatic rings. The van der Waals surface area contributed by atoms with Gasteiger partial charge in [-0.15, -0.1) is 0 Å². The fourth-order valence-corrected chi connectivity index (χ4v) is 2.84. The molecule has 0 saturated heterocycles. The van der Waals surface area contributed by atoms with Crippen molar-refractivity contribution in [3.05, 3.63) is 24.2 Å². The molecule has 1 heterocycles. The molecule has 96 valence electrons. The third-order valence-corrected chi connectivity index (χ3v) is 3.76. The van der Waals surface area contributed by atoms with Crippen LogP contribution in [-0.2, 0) is 4.74 Å². The molecule has 3 nitrogen and oxygen atoms in total. The van der Waals surface area contributed by atoms with Crippen LogP contribution in [0.2, 0.25) is 0 Å². The van der Waals surface area contributed by atoms with Crippen LogP contribution in [0.25, 0.3) is 0 Å². The van der Waals surface area contributed by atoms with Crippen LogP contribution >= 0.6 is 0 Å². The Kier molecular flexibility index (Phi) is 4.63. The third kappa shape index (κ3) is 3.11. The molecular formula is C14H23NO2. The van der Waals surface area contributed by atoms with Crippen molar-refractivity contribution in [2.75, 3.05) is 6.61 Å². The van der Waals surface area contributed by atoms with Crippen LogP contribution < -0.4 is 5.73 Å². The molecule has 0 radical (unpaired) electrons. The van der Waals surface area contributed by atoms with E-state index in [4.69, 9.17) is 14.9 Å². The van der Waals surface area contributed by atoms with E-state index in [0.29, 0.717) is 5.92 Å². The fourth-order valence-electron chi connectivity index (χ4n) is 2.84. The Morgan fingerprint density at radius 1 is 1.41 bits per heavy atom. The summed E-state index contributed by atoms with van der Waals surface area (Å²) in [6.07, 6.45) is 10.0. The predicted molar refractivity (Wildman–Crippen MR) is 67.6 cm³/mol. The van der Waals surface area contributed by atoms with Crippen molar-refractivity contribution in [2.45, 2.75) is 51.2 Å². The van der Waals surface area contributed by atoms with Gasteiger partial charge in [0.2, 0.25) is 0 Å². The van der Waals surface area contributed by atoms with Crippen molar-refractivity contribution < 1.29 is 9.15 Å². The lowest BCUT2D eigenvalue weighted by molar-refractivity contribution is -0.00995. The molecule has 0 spiro atoms. The minimum atomic E-state index is -0.0585. The average molecular weight is 237 g/mol. The van der Waals surface area contributed by atoms with E-state index in [9.17, 15) is 0 Å². The van der Waals surface area contributed by atoms with Crippen molar-refractivity contribution in [1.82, 2.24) is 0 Å². The van der Waals surface area contributed by atoms with Gasteiger partial charge in [0.15, 0.2) is 0 Å². The van der Waals surface area contributed by atoms with Gasteiger partial charge in [-0.25, -0.2) is 0 Å². The number of nitrogens with two attached hydrogens (primary N) is 1. The standard InChI is InChI=1S/C14H23NO2/c1-2-17-14(11-6-4-3-5-7-11)13(15)12-8-9-16-10-12/h8-11,13-14H,2-7,15H2,1H3. The summed E-state index contributed by atoms with van der Waals surface area (Å²) >= 11 is 0. The van der Waals surface area contributed by atoms with E-state index in [1.54, 1.807) is 12.5 Å². The maximum absolute atomic E-state index is 6.32. The number of hydrogen-bond acceptors (Lipinski definition) is 3. The van der Waals surface area contributed by atoms with Gasteiger partial charge in [-0.1, -0.05) is 19.3 Å². The fraction of sp³-hybridized carbons (Fsp3) is 0.714. The first kappa shape index (κ1) is 12.7. The van der Waals surface area contributed by atoms with Gasteiger partial charge in [-0.05, 0) is 31.7 Å². The Labute approximate surface area is 103 Å². The Hall–Kier alpha value is -0.800. The molecule has 0 bridgehead atoms. The number of rotatable bonds is 5. The topological polar surface area (TPSA) is 48.4 Å². The third-order valence-electron chi connectivity index (χ3n) is 3.76. The first-order valence-electron chi connectivity index (χ1n) is 6.72. The van der Waals surface area contributed by atoms with Crippen molar-refractivity contribution in [1.29, 1.82) is 0 Å². The monoisotopic (exact) mass is 237 g/mol. The Bertz CT molecular complexity index is 304. The van der Waals surface area contributed by atoms with Gasteiger partial charge in [-0.3, -0.25) is 0 Å². The van der Waals surface area contributed by atoms with Crippen molar-refractivity contribution in [3.63, 3.8) is 0 Å². The SMILES string of the molecule is CCOC(C1CCCCC1)C(N)c1ccoc1. The van der Waals surface area contributed by atoms with Crippen LogP contribution in [0.1, 0.15) is 50.6 Å². The lowest BCUT2D eigenvalue weighted by Crippen LogP contribution is -2.36. The van der Waals surface area contributed by atoms with Gasteiger partial charge in [0, 0.05) is 12.2 Å². The largest absolute Gasteiger partial charge is 0.472 e. The first-order chi connectivity index (χ1) is 8.33. The average Bonchev–Trinajstić information content (AvgIpc) is 2.90. The van der Waals surface area contributed by atoms with E-state index in [2.05, 4.69) is 0 Å². The molecule has 0 aromatic carbocycles. The molecular weight excluding hydrogens is 214 g/mol. The molecule has 2 unspecified atom stereocenters. The number of hydrogen-bond donors (Lipinski definition) is 1. The second-order valence-corrected chi connectivity index (χ2v) is 4.90. The minimum absolute atomic E-state index is 0.0585. The molecule has 1 aromatic heterocycles. The first-order valence-corrected chi connectivity index (χ1v) is 6.72. The Morgan fingerprint density at radius 2 is 2.18 bits per heavy atom. The zero-order valence-corrected chi connectivity index (χ0v) is 10.6. The highest BCUT2D eigenvalue weighted by Gasteiger charge is 2.30. The smallest absolute Gasteiger partial charge is 0.0951 e. The second-order valence-electron chi connectivity index (χ2n) is 4.90. The summed E-state index contributed by atoms with van der Waals surface area (Å²) in [7, 11) is 0. The maximum Gasteiger partial charge on any atom is 0.0951 e. The van der Waals surface area contributed by atoms with Crippen LogP contribution in [0, 0.1) is 5.92 Å². The zero-order chi connectivity index (χ0) is 12.1. The van der Waals surface area contributed by atoms with Crippen LogP contribution in [0.5, 0.6) is 0 Å². The molecule has 1 saturated carbocycles. The molecule has 1 fully saturated rings. The molecule has 0 aliphatic heterocycles. The van der Waals surface area contributed by atoms with Crippen molar-refractivity contribution in [2.24, 2.45) is 11.7 Å². The van der Waals surface area contributed by atoms with E-state index in [1.165, 1.54) is 32.1 Å². The lowest BCUT2D eigenvalue weighted by Gasteiger charge is -2.33. The van der Waals surface area contributed by atoms with Crippen LogP contribution in [0.4, 0.5) is 0 Å². The molecule has 3 heteroatoms. The number of ether oxygens (including phenoxy) is 1. The van der Waals surface area contributed by atoms with Gasteiger partial charge >= 0.3 is 0 Å². The van der Waals surface area contributed by atoms with E-state index in [0.717, 1.165) is 12.2 Å². The van der Waals surface area contributed by atoms with Gasteiger partial charge < -0.3 is 14.9 Å². The molecule has 2 N–H and O–H groups in total. The highest BCUT2D eigenvalue weighted by Crippen LogP contribution is 2.33. The second kappa shape index (κ2) is 6.22. The quantitative estimate of drug-likeness (QED) is 0.855. The summed E-state index contributed by atoms with van der Waals surface area (Å²) in [5.74, 6) is 0.605. The van der Waals surface area contributed by atoms with E-state index in [1.807, 2.05) is 13.0 Å². The van der Waals surface area contributed by atoms with Crippen molar-refractivity contribution >= 4 is 0 Å². The summed E-state index contributed by atoms with van der Waals surface area (Å²) in [5, 5.41) is 0. The lowest BCUT2D eigenvalue weighted by atomic mass is 9.81. The highest BCUT2D eigenvalue weighted by molar-refractivity contribution is 5.13. The number of furan rings is 1. The summed E-state index contributed by atoms with van der Waals surface area (Å²) in [6.45, 7) is 2.77. The summed E-state index contributed by atoms with van der Waals surface area (Å²) < 4.78 is 11.0. The Balaban J connectivity index is 2.04. The van der Waals surface area contributed by atoms with Crippen LogP contribution in [0.3, 0.4) is 0 Å². The Morgan fingerprint density at radius 3 is 2.76 bits per heavy atom. The zero-order valence-electron chi connectivity index (χ0n) is 10.6. The van der Waals surface area contributed by atoms with Gasteiger partial charge in [-0.2, -0.15) is 0 Å². The van der Waals surface area contributed by atoms with Crippen LogP contribution in [-0.4, -0.2) is 12.7 Å². The van der Waals surface area contributed by atoms with Crippen molar-refractivity contribution in [3.8, 4) is 0 Å². The summed E-state index contributed by atoms with van der Waals surface area (Å²) in [5.41, 5.74) is 7.37. The van der Waals surface area contributed by atoms with E-state index < -0.39 is 0 Å². The van der Waals surface area contributed by atoms with Gasteiger partial charge in [0.1, 0.15) is 0 Å². The van der Waals surface area contributed by atoms with Crippen LogP contribution in [0.15, 0.2) is 23.0 Å². The minimum Gasteiger partial charge on any atom is -0.472 e.